The summed E-state index contributed by atoms with van der Waals surface area (Å²) in [7, 11) is -10.00. The van der Waals surface area contributed by atoms with Crippen molar-refractivity contribution in [2.45, 2.75) is 329 Å². The Kier molecular flexibility index (Phi) is 73.9. The summed E-state index contributed by atoms with van der Waals surface area (Å²) < 4.78 is 68.6. The Morgan fingerprint density at radius 1 is 0.274 bits per heavy atom. The first-order valence-corrected chi connectivity index (χ1v) is 43.7. The summed E-state index contributed by atoms with van der Waals surface area (Å²) >= 11 is 0. The molecule has 0 aliphatic rings. The maximum atomic E-state index is 13.1. The van der Waals surface area contributed by atoms with E-state index in [4.69, 9.17) is 37.0 Å². The average molecular weight is 1520 g/mol. The average Bonchev–Trinajstić information content (AvgIpc) is 0.933. The molecule has 0 aliphatic carbocycles. The second-order valence-corrected chi connectivity index (χ2v) is 29.5. The van der Waals surface area contributed by atoms with Crippen LogP contribution in [0.15, 0.2) is 158 Å². The molecule has 0 heterocycles. The molecule has 0 fully saturated rings. The normalized spacial score (nSPS) is 14.7. The lowest BCUT2D eigenvalue weighted by Gasteiger charge is -2.21. The van der Waals surface area contributed by atoms with Crippen LogP contribution < -0.4 is 0 Å². The van der Waals surface area contributed by atoms with Crippen LogP contribution in [-0.2, 0) is 65.4 Å². The Hall–Kier alpha value is -5.32. The summed E-state index contributed by atoms with van der Waals surface area (Å²) in [4.78, 5) is 73.1. The number of phosphoric ester groups is 2. The molecule has 3 N–H and O–H groups in total. The third kappa shape index (κ3) is 76.9. The van der Waals surface area contributed by atoms with E-state index in [2.05, 4.69) is 167 Å². The zero-order valence-electron chi connectivity index (χ0n) is 66.1. The molecule has 106 heavy (non-hydrogen) atoms. The molecule has 0 aromatic rings. The van der Waals surface area contributed by atoms with Gasteiger partial charge in [0.25, 0.3) is 0 Å². The lowest BCUT2D eigenvalue weighted by molar-refractivity contribution is -0.161. The number of phosphoric acid groups is 2. The molecule has 0 aromatic heterocycles. The van der Waals surface area contributed by atoms with Crippen LogP contribution in [0.4, 0.5) is 0 Å². The highest BCUT2D eigenvalue weighted by Crippen LogP contribution is 2.45. The molecule has 5 unspecified atom stereocenters. The Bertz CT molecular complexity index is 2630. The van der Waals surface area contributed by atoms with Crippen LogP contribution in [0, 0.1) is 0 Å². The number of ether oxygens (including phenoxy) is 4. The number of carbonyl (C=O) groups excluding carboxylic acids is 4. The minimum absolute atomic E-state index is 0.0278. The highest BCUT2D eigenvalue weighted by Gasteiger charge is 2.30. The Balaban J connectivity index is 5.43. The second kappa shape index (κ2) is 77.8. The van der Waals surface area contributed by atoms with Crippen molar-refractivity contribution < 1.29 is 80.2 Å². The van der Waals surface area contributed by atoms with E-state index in [1.165, 1.54) is 51.4 Å². The molecule has 19 heteroatoms. The number of unbranched alkanes of at least 4 members (excludes halogenated alkanes) is 23. The van der Waals surface area contributed by atoms with Gasteiger partial charge < -0.3 is 33.8 Å². The van der Waals surface area contributed by atoms with Gasteiger partial charge >= 0.3 is 39.5 Å². The van der Waals surface area contributed by atoms with Gasteiger partial charge in [0.05, 0.1) is 26.4 Å². The zero-order chi connectivity index (χ0) is 77.4. The molecule has 604 valence electrons. The van der Waals surface area contributed by atoms with E-state index in [0.29, 0.717) is 32.1 Å². The predicted molar refractivity (Wildman–Crippen MR) is 436 cm³/mol. The van der Waals surface area contributed by atoms with Crippen molar-refractivity contribution in [2.75, 3.05) is 39.6 Å². The topological polar surface area (TPSA) is 237 Å². The smallest absolute Gasteiger partial charge is 0.462 e. The Morgan fingerprint density at radius 3 is 0.811 bits per heavy atom. The van der Waals surface area contributed by atoms with Crippen LogP contribution in [0.25, 0.3) is 0 Å². The molecule has 0 rings (SSSR count). The van der Waals surface area contributed by atoms with Crippen LogP contribution in [0.3, 0.4) is 0 Å². The van der Waals surface area contributed by atoms with Crippen LogP contribution >= 0.6 is 15.6 Å². The van der Waals surface area contributed by atoms with E-state index in [0.717, 1.165) is 173 Å². The number of esters is 4. The third-order valence-electron chi connectivity index (χ3n) is 16.5. The summed E-state index contributed by atoms with van der Waals surface area (Å²) in [6.07, 6.45) is 90.9. The molecular weight excluding hydrogens is 1380 g/mol. The number of aliphatic hydroxyl groups is 1. The largest absolute Gasteiger partial charge is 0.472 e. The molecular formula is C87H144O17P2. The SMILES string of the molecule is CC/C=C\C/C=C\C/C=C\C/C=C\C/C=C\C/C=C\CCC(=O)OCC(COP(=O)(O)OCC(O)COP(=O)(O)OCC(COC(=O)CCCCCCCC/C=C\C/C=C\C/C=C\C/C=C\CC)OC(=O)CCCCCCCCCCCCCCC)OC(=O)CCCCCCC/C=C\C/C=C\C/C=C\CC. The summed E-state index contributed by atoms with van der Waals surface area (Å²) in [6, 6.07) is 0. The van der Waals surface area contributed by atoms with Gasteiger partial charge in [0.15, 0.2) is 12.2 Å². The molecule has 0 spiro atoms. The van der Waals surface area contributed by atoms with Crippen molar-refractivity contribution in [3.8, 4) is 0 Å². The van der Waals surface area contributed by atoms with E-state index < -0.39 is 97.5 Å². The molecule has 5 atom stereocenters. The first-order chi connectivity index (χ1) is 51.7. The van der Waals surface area contributed by atoms with Gasteiger partial charge in [-0.3, -0.25) is 37.3 Å². The number of hydrogen-bond donors (Lipinski definition) is 3. The molecule has 0 saturated carbocycles. The van der Waals surface area contributed by atoms with E-state index in [1.54, 1.807) is 0 Å². The minimum Gasteiger partial charge on any atom is -0.462 e. The maximum absolute atomic E-state index is 13.1. The highest BCUT2D eigenvalue weighted by atomic mass is 31.2. The number of allylic oxidation sites excluding steroid dienone is 26. The van der Waals surface area contributed by atoms with Crippen molar-refractivity contribution in [1.29, 1.82) is 0 Å². The molecule has 0 aromatic carbocycles. The summed E-state index contributed by atoms with van der Waals surface area (Å²) in [5, 5.41) is 10.6. The molecule has 0 radical (unpaired) electrons. The summed E-state index contributed by atoms with van der Waals surface area (Å²) in [5.41, 5.74) is 0. The molecule has 0 bridgehead atoms. The summed E-state index contributed by atoms with van der Waals surface area (Å²) in [6.45, 7) is 4.43. The van der Waals surface area contributed by atoms with Gasteiger partial charge in [0, 0.05) is 25.7 Å². The van der Waals surface area contributed by atoms with E-state index in [1.807, 2.05) is 18.2 Å². The molecule has 17 nitrogen and oxygen atoms in total. The van der Waals surface area contributed by atoms with E-state index in [-0.39, 0.29) is 25.7 Å². The second-order valence-electron chi connectivity index (χ2n) is 26.6. The van der Waals surface area contributed by atoms with Gasteiger partial charge in [-0.2, -0.15) is 0 Å². The molecule has 0 amide bonds. The van der Waals surface area contributed by atoms with Crippen molar-refractivity contribution >= 4 is 39.5 Å². The van der Waals surface area contributed by atoms with Gasteiger partial charge in [-0.25, -0.2) is 9.13 Å². The molecule has 0 saturated heterocycles. The van der Waals surface area contributed by atoms with Gasteiger partial charge in [0.2, 0.25) is 0 Å². The van der Waals surface area contributed by atoms with Crippen molar-refractivity contribution in [3.05, 3.63) is 158 Å². The quantitative estimate of drug-likeness (QED) is 0.0169. The van der Waals surface area contributed by atoms with Gasteiger partial charge in [-0.15, -0.1) is 0 Å². The van der Waals surface area contributed by atoms with Gasteiger partial charge in [-0.1, -0.05) is 308 Å². The van der Waals surface area contributed by atoms with Crippen molar-refractivity contribution in [2.24, 2.45) is 0 Å². The van der Waals surface area contributed by atoms with Crippen molar-refractivity contribution in [1.82, 2.24) is 0 Å². The van der Waals surface area contributed by atoms with Crippen molar-refractivity contribution in [3.63, 3.8) is 0 Å². The van der Waals surface area contributed by atoms with E-state index in [9.17, 15) is 43.2 Å². The van der Waals surface area contributed by atoms with Crippen LogP contribution in [0.1, 0.15) is 310 Å². The Labute approximate surface area is 642 Å². The monoisotopic (exact) mass is 1520 g/mol. The fourth-order valence-corrected chi connectivity index (χ4v) is 12.0. The minimum atomic E-state index is -5.00. The zero-order valence-corrected chi connectivity index (χ0v) is 67.8. The number of aliphatic hydroxyl groups excluding tert-OH is 1. The maximum Gasteiger partial charge on any atom is 0.472 e. The van der Waals surface area contributed by atoms with Gasteiger partial charge in [0.1, 0.15) is 19.3 Å². The highest BCUT2D eigenvalue weighted by molar-refractivity contribution is 7.47. The number of hydrogen-bond acceptors (Lipinski definition) is 15. The standard InChI is InChI=1S/C87H144O17P2/c1-5-9-13-17-21-25-29-33-36-38-40-42-45-48-51-55-59-63-67-71-84(89)97-77-82(103-86(91)73-69-65-61-57-53-47-32-28-24-20-16-12-8-4)79-101-105(93,94)99-75-81(88)76-100-106(95,96)102-80-83(104-87(92)74-70-66-62-58-54-50-44-35-31-27-23-19-15-11-7-3)78-98-85(90)72-68-64-60-56-52-49-46-43-41-39-37-34-30-26-22-18-14-10-6-2/h9-11,13-15,21-23,25-27,33-37,40-44,49,52,60,64,81-83,88H,5-8,12,16-20,24,28-32,38-39,45-48,50-51,53-59,61-63,65-80H2,1-4H3,(H,93,94)(H,95,96)/b13-9-,14-10-,15-11-,25-21-,26-22-,27-23-,36-33-,37-34-,42-40-,43-41-,44-35-,52-49-,64-60-. The third-order valence-corrected chi connectivity index (χ3v) is 18.4. The fraction of sp³-hybridized carbons (Fsp3) is 0.655. The van der Waals surface area contributed by atoms with Crippen LogP contribution in [0.5, 0.6) is 0 Å². The number of rotatable bonds is 75. The first-order valence-electron chi connectivity index (χ1n) is 40.7. The molecule has 0 aliphatic heterocycles. The number of carbonyl (C=O) groups is 4. The lowest BCUT2D eigenvalue weighted by Crippen LogP contribution is -2.30. The Morgan fingerprint density at radius 2 is 0.509 bits per heavy atom. The predicted octanol–water partition coefficient (Wildman–Crippen LogP) is 24.0. The fourth-order valence-electron chi connectivity index (χ4n) is 10.4. The summed E-state index contributed by atoms with van der Waals surface area (Å²) in [5.74, 6) is -2.31. The van der Waals surface area contributed by atoms with Gasteiger partial charge in [-0.05, 0) is 135 Å². The van der Waals surface area contributed by atoms with Crippen LogP contribution in [-0.4, -0.2) is 96.7 Å². The van der Waals surface area contributed by atoms with Crippen LogP contribution in [0.2, 0.25) is 0 Å². The first kappa shape index (κ1) is 101. The van der Waals surface area contributed by atoms with E-state index >= 15 is 0 Å². The lowest BCUT2D eigenvalue weighted by atomic mass is 10.0.